The molecule has 16 heavy (non-hydrogen) atoms. The molecule has 0 rings (SSSR count). The van der Waals surface area contributed by atoms with Gasteiger partial charge in [-0.15, -0.1) is 0 Å². The van der Waals surface area contributed by atoms with E-state index in [9.17, 15) is 13.5 Å². The van der Waals surface area contributed by atoms with Crippen LogP contribution in [-0.2, 0) is 10.2 Å². The zero-order valence-electron chi connectivity index (χ0n) is 10.5. The molecule has 0 aliphatic carbocycles. The highest BCUT2D eigenvalue weighted by Crippen LogP contribution is 2.12. The molecule has 0 aromatic rings. The summed E-state index contributed by atoms with van der Waals surface area (Å²) >= 11 is 0. The Morgan fingerprint density at radius 1 is 1.19 bits per heavy atom. The van der Waals surface area contributed by atoms with E-state index in [1.807, 2.05) is 13.8 Å². The van der Waals surface area contributed by atoms with Gasteiger partial charge in [0.25, 0.3) is 10.2 Å². The van der Waals surface area contributed by atoms with Gasteiger partial charge in [-0.25, -0.2) is 0 Å². The second-order valence-corrected chi connectivity index (χ2v) is 5.80. The Hall–Kier alpha value is -0.170. The molecule has 0 aromatic heterocycles. The standard InChI is InChI=1S/C10H24N2O3S/c1-5-9(6-2)10(13)7-11-16(14,15)12-8(3)4/h8-13H,5-7H2,1-4H3. The minimum Gasteiger partial charge on any atom is -0.391 e. The van der Waals surface area contributed by atoms with Crippen LogP contribution in [0.2, 0.25) is 0 Å². The summed E-state index contributed by atoms with van der Waals surface area (Å²) < 4.78 is 27.6. The van der Waals surface area contributed by atoms with E-state index in [-0.39, 0.29) is 18.5 Å². The monoisotopic (exact) mass is 252 g/mol. The van der Waals surface area contributed by atoms with Crippen molar-refractivity contribution in [3.8, 4) is 0 Å². The molecule has 3 N–H and O–H groups in total. The summed E-state index contributed by atoms with van der Waals surface area (Å²) in [6, 6.07) is -0.150. The van der Waals surface area contributed by atoms with E-state index < -0.39 is 16.3 Å². The molecule has 0 aromatic carbocycles. The molecule has 0 heterocycles. The largest absolute Gasteiger partial charge is 0.391 e. The lowest BCUT2D eigenvalue weighted by atomic mass is 9.97. The van der Waals surface area contributed by atoms with Crippen molar-refractivity contribution in [2.75, 3.05) is 6.54 Å². The first-order chi connectivity index (χ1) is 7.32. The molecule has 1 unspecified atom stereocenters. The van der Waals surface area contributed by atoms with Crippen LogP contribution in [-0.4, -0.2) is 32.2 Å². The smallest absolute Gasteiger partial charge is 0.277 e. The average Bonchev–Trinajstić information content (AvgIpc) is 2.15. The topological polar surface area (TPSA) is 78.4 Å². The van der Waals surface area contributed by atoms with Crippen LogP contribution in [0.1, 0.15) is 40.5 Å². The van der Waals surface area contributed by atoms with Gasteiger partial charge in [0, 0.05) is 12.6 Å². The molecule has 6 heteroatoms. The van der Waals surface area contributed by atoms with Crippen LogP contribution in [0.25, 0.3) is 0 Å². The molecular weight excluding hydrogens is 228 g/mol. The first-order valence-corrected chi connectivity index (χ1v) is 7.25. The predicted octanol–water partition coefficient (Wildman–Crippen LogP) is 0.616. The second kappa shape index (κ2) is 7.21. The normalized spacial score (nSPS) is 14.7. The van der Waals surface area contributed by atoms with Crippen molar-refractivity contribution in [1.29, 1.82) is 0 Å². The fourth-order valence-electron chi connectivity index (χ4n) is 1.55. The number of aliphatic hydroxyl groups excluding tert-OH is 1. The molecule has 0 fully saturated rings. The van der Waals surface area contributed by atoms with Crippen LogP contribution in [0, 0.1) is 5.92 Å². The highest BCUT2D eigenvalue weighted by Gasteiger charge is 2.18. The van der Waals surface area contributed by atoms with Crippen LogP contribution in [0.5, 0.6) is 0 Å². The van der Waals surface area contributed by atoms with Crippen LogP contribution in [0.4, 0.5) is 0 Å². The van der Waals surface area contributed by atoms with E-state index in [0.717, 1.165) is 12.8 Å². The van der Waals surface area contributed by atoms with E-state index in [1.54, 1.807) is 13.8 Å². The van der Waals surface area contributed by atoms with Gasteiger partial charge in [-0.2, -0.15) is 17.9 Å². The summed E-state index contributed by atoms with van der Waals surface area (Å²) in [7, 11) is -3.49. The number of hydrogen-bond donors (Lipinski definition) is 3. The molecule has 0 spiro atoms. The van der Waals surface area contributed by atoms with Crippen LogP contribution in [0.3, 0.4) is 0 Å². The van der Waals surface area contributed by atoms with Gasteiger partial charge in [-0.05, 0) is 19.8 Å². The molecule has 1 atom stereocenters. The minimum atomic E-state index is -3.49. The predicted molar refractivity (Wildman–Crippen MR) is 65.3 cm³/mol. The lowest BCUT2D eigenvalue weighted by Gasteiger charge is -2.20. The van der Waals surface area contributed by atoms with Crippen molar-refractivity contribution in [1.82, 2.24) is 9.44 Å². The SMILES string of the molecule is CCC(CC)C(O)CNS(=O)(=O)NC(C)C. The van der Waals surface area contributed by atoms with Crippen molar-refractivity contribution in [2.45, 2.75) is 52.7 Å². The van der Waals surface area contributed by atoms with Gasteiger partial charge in [-0.1, -0.05) is 26.7 Å². The Bertz CT molecular complexity index is 274. The molecule has 0 saturated carbocycles. The summed E-state index contributed by atoms with van der Waals surface area (Å²) in [5, 5.41) is 9.75. The van der Waals surface area contributed by atoms with Gasteiger partial charge in [0.05, 0.1) is 6.10 Å². The van der Waals surface area contributed by atoms with Crippen LogP contribution in [0.15, 0.2) is 0 Å². The Labute approximate surface area is 98.8 Å². The van der Waals surface area contributed by atoms with Gasteiger partial charge < -0.3 is 5.11 Å². The molecular formula is C10H24N2O3S. The molecule has 5 nitrogen and oxygen atoms in total. The van der Waals surface area contributed by atoms with E-state index in [0.29, 0.717) is 0 Å². The minimum absolute atomic E-state index is 0.0639. The Balaban J connectivity index is 4.13. The number of nitrogens with one attached hydrogen (secondary N) is 2. The maximum absolute atomic E-state index is 11.4. The summed E-state index contributed by atoms with van der Waals surface area (Å²) in [6.07, 6.45) is 1.06. The van der Waals surface area contributed by atoms with Crippen molar-refractivity contribution in [3.05, 3.63) is 0 Å². The lowest BCUT2D eigenvalue weighted by molar-refractivity contribution is 0.107. The zero-order chi connectivity index (χ0) is 12.8. The first kappa shape index (κ1) is 15.8. The fourth-order valence-corrected chi connectivity index (χ4v) is 2.64. The number of hydrogen-bond acceptors (Lipinski definition) is 3. The molecule has 98 valence electrons. The zero-order valence-corrected chi connectivity index (χ0v) is 11.3. The summed E-state index contributed by atoms with van der Waals surface area (Å²) in [4.78, 5) is 0. The lowest BCUT2D eigenvalue weighted by Crippen LogP contribution is -2.44. The third-order valence-electron chi connectivity index (χ3n) is 2.47. The van der Waals surface area contributed by atoms with E-state index in [2.05, 4.69) is 9.44 Å². The number of rotatable bonds is 8. The van der Waals surface area contributed by atoms with Gasteiger partial charge >= 0.3 is 0 Å². The molecule has 0 amide bonds. The Morgan fingerprint density at radius 3 is 2.06 bits per heavy atom. The quantitative estimate of drug-likeness (QED) is 0.592. The summed E-state index contributed by atoms with van der Waals surface area (Å²) in [6.45, 7) is 7.53. The van der Waals surface area contributed by atoms with Crippen molar-refractivity contribution in [2.24, 2.45) is 5.92 Å². The Morgan fingerprint density at radius 2 is 1.69 bits per heavy atom. The molecule has 0 saturated heterocycles. The van der Waals surface area contributed by atoms with Crippen molar-refractivity contribution < 1.29 is 13.5 Å². The Kier molecular flexibility index (Phi) is 7.14. The van der Waals surface area contributed by atoms with Gasteiger partial charge in [-0.3, -0.25) is 0 Å². The maximum Gasteiger partial charge on any atom is 0.277 e. The molecule has 0 aliphatic heterocycles. The molecule has 0 aliphatic rings. The first-order valence-electron chi connectivity index (χ1n) is 5.77. The maximum atomic E-state index is 11.4. The third-order valence-corrected chi connectivity index (χ3v) is 3.79. The summed E-state index contributed by atoms with van der Waals surface area (Å²) in [5.41, 5.74) is 0. The fraction of sp³-hybridized carbons (Fsp3) is 1.00. The molecule has 0 radical (unpaired) electrons. The highest BCUT2D eigenvalue weighted by atomic mass is 32.2. The number of aliphatic hydroxyl groups is 1. The van der Waals surface area contributed by atoms with Crippen molar-refractivity contribution in [3.63, 3.8) is 0 Å². The molecule has 0 bridgehead atoms. The highest BCUT2D eigenvalue weighted by molar-refractivity contribution is 7.87. The second-order valence-electron chi connectivity index (χ2n) is 4.27. The van der Waals surface area contributed by atoms with Crippen LogP contribution >= 0.6 is 0 Å². The summed E-state index contributed by atoms with van der Waals surface area (Å²) in [5.74, 6) is 0.141. The van der Waals surface area contributed by atoms with Gasteiger partial charge in [0.2, 0.25) is 0 Å². The van der Waals surface area contributed by atoms with E-state index in [4.69, 9.17) is 0 Å². The van der Waals surface area contributed by atoms with E-state index in [1.165, 1.54) is 0 Å². The van der Waals surface area contributed by atoms with Gasteiger partial charge in [0.1, 0.15) is 0 Å². The van der Waals surface area contributed by atoms with E-state index >= 15 is 0 Å². The average molecular weight is 252 g/mol. The van der Waals surface area contributed by atoms with Gasteiger partial charge in [0.15, 0.2) is 0 Å². The van der Waals surface area contributed by atoms with Crippen molar-refractivity contribution >= 4 is 10.2 Å². The third kappa shape index (κ3) is 6.42. The van der Waals surface area contributed by atoms with Crippen LogP contribution < -0.4 is 9.44 Å².